The lowest BCUT2D eigenvalue weighted by molar-refractivity contribution is -0.120. The van der Waals surface area contributed by atoms with Crippen LogP contribution >= 0.6 is 22.6 Å². The Labute approximate surface area is 195 Å². The molecule has 4 N–H and O–H groups in total. The van der Waals surface area contributed by atoms with Crippen molar-refractivity contribution in [1.29, 1.82) is 0 Å². The average Bonchev–Trinajstić information content (AvgIpc) is 2.73. The van der Waals surface area contributed by atoms with Gasteiger partial charge in [0.15, 0.2) is 11.6 Å². The van der Waals surface area contributed by atoms with Gasteiger partial charge in [-0.25, -0.2) is 9.97 Å². The molecular weight excluding hydrogens is 514 g/mol. The highest BCUT2D eigenvalue weighted by Crippen LogP contribution is 2.24. The van der Waals surface area contributed by atoms with Gasteiger partial charge in [-0.05, 0) is 60.2 Å². The molecule has 0 aliphatic carbocycles. The first-order chi connectivity index (χ1) is 14.9. The summed E-state index contributed by atoms with van der Waals surface area (Å²) in [5, 5.41) is 13.4. The van der Waals surface area contributed by atoms with Crippen molar-refractivity contribution in [3.63, 3.8) is 0 Å². The number of hydrogen-bond donors (Lipinski definition) is 3. The summed E-state index contributed by atoms with van der Waals surface area (Å²) in [6.45, 7) is 4.62. The second-order valence-corrected chi connectivity index (χ2v) is 8.94. The zero-order valence-electron chi connectivity index (χ0n) is 17.5. The van der Waals surface area contributed by atoms with Crippen molar-refractivity contribution in [2.75, 3.05) is 42.9 Å². The van der Waals surface area contributed by atoms with Crippen LogP contribution in [-0.4, -0.2) is 64.7 Å². The number of rotatable bonds is 9. The minimum atomic E-state index is -0.627. The van der Waals surface area contributed by atoms with E-state index in [4.69, 9.17) is 5.73 Å². The van der Waals surface area contributed by atoms with Gasteiger partial charge in [0.1, 0.15) is 6.33 Å². The largest absolute Gasteiger partial charge is 0.391 e. The van der Waals surface area contributed by atoms with Crippen LogP contribution in [0.4, 0.5) is 16.0 Å². The third-order valence-electron chi connectivity index (χ3n) is 5.46. The van der Waals surface area contributed by atoms with Gasteiger partial charge in [0.05, 0.1) is 12.6 Å². The lowest BCUT2D eigenvalue weighted by Gasteiger charge is -2.35. The highest BCUT2D eigenvalue weighted by molar-refractivity contribution is 14.1. The lowest BCUT2D eigenvalue weighted by Crippen LogP contribution is -2.48. The number of amides is 1. The van der Waals surface area contributed by atoms with Crippen LogP contribution in [0, 0.1) is 15.3 Å². The smallest absolute Gasteiger partial charge is 0.231 e. The summed E-state index contributed by atoms with van der Waals surface area (Å²) in [5.41, 5.74) is 6.30. The number of likely N-dealkylation sites (tertiary alicyclic amines) is 1. The molecule has 1 aromatic heterocycles. The monoisotopic (exact) mass is 542 g/mol. The van der Waals surface area contributed by atoms with Gasteiger partial charge in [-0.3, -0.25) is 9.69 Å². The van der Waals surface area contributed by atoms with Gasteiger partial charge < -0.3 is 21.1 Å². The summed E-state index contributed by atoms with van der Waals surface area (Å²) >= 11 is 2.25. The van der Waals surface area contributed by atoms with Gasteiger partial charge >= 0.3 is 0 Å². The number of piperidine rings is 1. The van der Waals surface area contributed by atoms with E-state index >= 15 is 4.39 Å². The van der Waals surface area contributed by atoms with Crippen molar-refractivity contribution in [3.05, 3.63) is 45.5 Å². The Bertz CT molecular complexity index is 885. The second kappa shape index (κ2) is 11.0. The topological polar surface area (TPSA) is 108 Å². The number of aliphatic hydroxyl groups excluding tert-OH is 1. The van der Waals surface area contributed by atoms with Gasteiger partial charge in [-0.15, -0.1) is 0 Å². The summed E-state index contributed by atoms with van der Waals surface area (Å²) in [4.78, 5) is 23.0. The van der Waals surface area contributed by atoms with Crippen LogP contribution < -0.4 is 16.0 Å². The maximum Gasteiger partial charge on any atom is 0.231 e. The predicted molar refractivity (Wildman–Crippen MR) is 126 cm³/mol. The number of β-amino-alcohol motifs (C(OH)–C–C–N with tert-alkyl or cyclic N) is 1. The van der Waals surface area contributed by atoms with Crippen LogP contribution in [0.3, 0.4) is 0 Å². The number of nitrogens with one attached hydrogen (secondary N) is 1. The fourth-order valence-electron chi connectivity index (χ4n) is 3.73. The minimum absolute atomic E-state index is 0.0731. The number of aliphatic hydroxyl groups is 1. The molecule has 0 radical (unpaired) electrons. The van der Waals surface area contributed by atoms with Gasteiger partial charge in [-0.2, -0.15) is 4.39 Å². The number of aromatic nitrogens is 2. The predicted octanol–water partition coefficient (Wildman–Crippen LogP) is 1.83. The van der Waals surface area contributed by atoms with E-state index in [2.05, 4.69) is 37.9 Å². The molecule has 10 heteroatoms. The number of nitrogens with zero attached hydrogens (tertiary/aromatic N) is 4. The highest BCUT2D eigenvalue weighted by atomic mass is 127. The molecule has 2 heterocycles. The van der Waals surface area contributed by atoms with Crippen LogP contribution in [0.1, 0.15) is 18.9 Å². The summed E-state index contributed by atoms with van der Waals surface area (Å²) in [5.74, 6) is -0.621. The number of carbonyl (C=O) groups is 1. The SMILES string of the molecule is CCN(Cc1ccc(I)cc1)c1ncnc(NC[C@H]2CCN(CC(N)=O)C[C@@H]2O)c1F. The van der Waals surface area contributed by atoms with E-state index in [9.17, 15) is 9.90 Å². The van der Waals surface area contributed by atoms with Gasteiger partial charge in [-0.1, -0.05) is 12.1 Å². The first kappa shape index (κ1) is 23.6. The van der Waals surface area contributed by atoms with Crippen molar-refractivity contribution in [1.82, 2.24) is 14.9 Å². The van der Waals surface area contributed by atoms with Crippen LogP contribution in [0.5, 0.6) is 0 Å². The van der Waals surface area contributed by atoms with E-state index in [1.54, 1.807) is 0 Å². The minimum Gasteiger partial charge on any atom is -0.391 e. The van der Waals surface area contributed by atoms with Gasteiger partial charge in [0, 0.05) is 35.7 Å². The summed E-state index contributed by atoms with van der Waals surface area (Å²) in [7, 11) is 0. The summed E-state index contributed by atoms with van der Waals surface area (Å²) in [6, 6.07) is 8.09. The summed E-state index contributed by atoms with van der Waals surface area (Å²) < 4.78 is 16.3. The molecule has 0 spiro atoms. The number of nitrogens with two attached hydrogens (primary N) is 1. The van der Waals surface area contributed by atoms with Crippen molar-refractivity contribution in [2.45, 2.75) is 26.0 Å². The molecule has 0 saturated carbocycles. The molecule has 31 heavy (non-hydrogen) atoms. The van der Waals surface area contributed by atoms with E-state index in [1.807, 2.05) is 41.0 Å². The third kappa shape index (κ3) is 6.47. The molecule has 1 saturated heterocycles. The quantitative estimate of drug-likeness (QED) is 0.415. The zero-order valence-corrected chi connectivity index (χ0v) is 19.6. The van der Waals surface area contributed by atoms with E-state index in [0.717, 1.165) is 9.13 Å². The molecule has 3 rings (SSSR count). The van der Waals surface area contributed by atoms with E-state index in [-0.39, 0.29) is 24.1 Å². The fourth-order valence-corrected chi connectivity index (χ4v) is 4.09. The molecular formula is C21H28FIN6O2. The maximum atomic E-state index is 15.2. The Hall–Kier alpha value is -2.05. The first-order valence-electron chi connectivity index (χ1n) is 10.3. The normalized spacial score (nSPS) is 19.2. The highest BCUT2D eigenvalue weighted by Gasteiger charge is 2.28. The molecule has 2 atom stereocenters. The molecule has 1 amide bonds. The van der Waals surface area contributed by atoms with Crippen LogP contribution in [0.25, 0.3) is 0 Å². The number of hydrogen-bond acceptors (Lipinski definition) is 7. The number of anilines is 2. The molecule has 1 aromatic carbocycles. The number of carbonyl (C=O) groups excluding carboxylic acids is 1. The molecule has 1 fully saturated rings. The van der Waals surface area contributed by atoms with Crippen molar-refractivity contribution >= 4 is 40.1 Å². The number of halogens is 2. The van der Waals surface area contributed by atoms with Crippen LogP contribution in [0.15, 0.2) is 30.6 Å². The third-order valence-corrected chi connectivity index (χ3v) is 6.17. The molecule has 0 unspecified atom stereocenters. The maximum absolute atomic E-state index is 15.2. The molecule has 0 bridgehead atoms. The molecule has 168 valence electrons. The molecule has 2 aromatic rings. The molecule has 8 nitrogen and oxygen atoms in total. The standard InChI is InChI=1S/C21H28FIN6O2/c1-2-29(10-14-3-5-16(23)6-4-14)21-19(22)20(26-13-27-21)25-9-15-7-8-28(11-17(15)30)12-18(24)31/h3-6,13,15,17,30H,2,7-12H2,1H3,(H2,24,31)(H,25,26,27)/t15-,17+/m1/s1. The van der Waals surface area contributed by atoms with Gasteiger partial charge in [0.2, 0.25) is 11.7 Å². The average molecular weight is 542 g/mol. The van der Waals surface area contributed by atoms with Crippen molar-refractivity contribution in [3.8, 4) is 0 Å². The fraction of sp³-hybridized carbons (Fsp3) is 0.476. The Balaban J connectivity index is 1.63. The van der Waals surface area contributed by atoms with E-state index in [1.165, 1.54) is 6.33 Å². The first-order valence-corrected chi connectivity index (χ1v) is 11.4. The Morgan fingerprint density at radius 2 is 2.13 bits per heavy atom. The van der Waals surface area contributed by atoms with Crippen molar-refractivity contribution in [2.24, 2.45) is 11.7 Å². The Morgan fingerprint density at radius 1 is 1.39 bits per heavy atom. The van der Waals surface area contributed by atoms with E-state index < -0.39 is 17.8 Å². The second-order valence-electron chi connectivity index (χ2n) is 7.70. The van der Waals surface area contributed by atoms with E-state index in [0.29, 0.717) is 39.1 Å². The summed E-state index contributed by atoms with van der Waals surface area (Å²) in [6.07, 6.45) is 1.40. The molecule has 1 aliphatic heterocycles. The van der Waals surface area contributed by atoms with Crippen LogP contribution in [0.2, 0.25) is 0 Å². The lowest BCUT2D eigenvalue weighted by atomic mass is 9.94. The number of benzene rings is 1. The molecule has 1 aliphatic rings. The Kier molecular flexibility index (Phi) is 8.38. The van der Waals surface area contributed by atoms with Gasteiger partial charge in [0.25, 0.3) is 0 Å². The zero-order chi connectivity index (χ0) is 22.4. The van der Waals surface area contributed by atoms with Crippen LogP contribution in [-0.2, 0) is 11.3 Å². The van der Waals surface area contributed by atoms with Crippen molar-refractivity contribution < 1.29 is 14.3 Å². The number of primary amides is 1. The Morgan fingerprint density at radius 3 is 2.77 bits per heavy atom.